The van der Waals surface area contributed by atoms with Crippen LogP contribution in [-0.4, -0.2) is 287 Å². The molecule has 112 heavy (non-hydrogen) atoms. The SMILES string of the molecule is C[C@@H](O)[C@H]1O[C@@H](n2cc(F)c(N)nc2=O)C(O)(C#CCF)[C@H]1O.C[C@@H](O)[C@H]1O[C@@H](n2ccc(N)nc2=O)C(O)(C#CCF)[C@H]1O.C[C@@H](O)[C@H]1O[C@@H](n2cnc(N)nc2=O)C(O)(C#CCF)[C@H]1O.C[C@@H](O)[C@H]1O[C@@H](n2ncc(N)nc2=O)C(O)(C#CCF)[C@H]1O.Cc1cc(N)nc(=O)n1[C@@H]1O[C@H]([C@@H](C)O)[C@H](O)C1(O)C#CCF. The highest BCUT2D eigenvalue weighted by atomic mass is 19.1. The van der Waals surface area contributed by atoms with Crippen LogP contribution in [0.4, 0.5) is 55.6 Å². The third kappa shape index (κ3) is 19.1. The summed E-state index contributed by atoms with van der Waals surface area (Å²) < 4.78 is 106. The normalized spacial score (nSPS) is 32.0. The van der Waals surface area contributed by atoms with Gasteiger partial charge < -0.3 is 129 Å². The van der Waals surface area contributed by atoms with Gasteiger partial charge in [0.2, 0.25) is 11.5 Å². The molecule has 0 spiro atoms. The summed E-state index contributed by atoms with van der Waals surface area (Å²) in [5, 5.41) is 155. The monoisotopic (exact) mass is 1600 g/mol. The molecular formula is C64H79F6N17O25. The minimum atomic E-state index is -2.46. The summed E-state index contributed by atoms with van der Waals surface area (Å²) in [6.45, 7) is 2.70. The first-order valence-corrected chi connectivity index (χ1v) is 32.5. The molecule has 48 heteroatoms. The molecule has 0 aromatic carbocycles. The molecule has 5 aliphatic rings. The van der Waals surface area contributed by atoms with Crippen LogP contribution in [0.25, 0.3) is 0 Å². The zero-order chi connectivity index (χ0) is 84.2. The molecule has 10 rings (SSSR count). The minimum absolute atomic E-state index is 0.0206. The number of anilines is 5. The number of rotatable bonds is 10. The average Bonchev–Trinajstić information content (AvgIpc) is 1.65. The molecule has 612 valence electrons. The van der Waals surface area contributed by atoms with Crippen LogP contribution in [0.1, 0.15) is 71.5 Å². The summed E-state index contributed by atoms with van der Waals surface area (Å²) in [7, 11) is 0. The van der Waals surface area contributed by atoms with Gasteiger partial charge in [0.15, 0.2) is 65.2 Å². The molecule has 5 fully saturated rings. The van der Waals surface area contributed by atoms with Crippen molar-refractivity contribution >= 4 is 29.2 Å². The third-order valence-corrected chi connectivity index (χ3v) is 16.9. The lowest BCUT2D eigenvalue weighted by Gasteiger charge is -2.27. The van der Waals surface area contributed by atoms with Gasteiger partial charge in [-0.3, -0.25) is 18.3 Å². The lowest BCUT2D eigenvalue weighted by Crippen LogP contribution is -2.49. The molecular weight excluding hydrogens is 1520 g/mol. The number of halogens is 6. The highest BCUT2D eigenvalue weighted by Gasteiger charge is 2.62. The zero-order valence-electron chi connectivity index (χ0n) is 59.4. The van der Waals surface area contributed by atoms with Crippen molar-refractivity contribution in [3.05, 3.63) is 101 Å². The minimum Gasteiger partial charge on any atom is -0.391 e. The maximum absolute atomic E-state index is 13.6. The molecule has 10 heterocycles. The van der Waals surface area contributed by atoms with Crippen molar-refractivity contribution in [2.24, 2.45) is 0 Å². The van der Waals surface area contributed by atoms with E-state index in [2.05, 4.69) is 64.6 Å². The number of aliphatic hydroxyl groups excluding tert-OH is 10. The molecule has 5 saturated heterocycles. The van der Waals surface area contributed by atoms with E-state index in [9.17, 15) is 127 Å². The van der Waals surface area contributed by atoms with Crippen molar-refractivity contribution in [2.75, 3.05) is 62.0 Å². The zero-order valence-corrected chi connectivity index (χ0v) is 59.4. The standard InChI is InChI=1S/C14H18FN3O5.C13H15F2N3O5.C13H16FN3O5.2C12H15FN4O5/c1-7-6-9(16)17-13(21)18(7)12-14(22,4-3-5-15)11(20)10(23-12)8(2)19;1-6(19)8-9(20)13(22,3-2-4-14)11(23-8)18-5-7(15)10(16)17-12(18)21;1-7(18)9-10(19)13(21,4-2-5-14)11(22-9)17-6-3-8(15)16-12(17)20;1-6(18)7-8(19)12(21,3-2-4-13)9(22-7)17-5-15-10(14)16-11(17)20;1-6(18)8-9(19)12(21,3-2-4-13)10(22-8)17-11(20)16-7(14)5-15-17/h6,8,10-12,19-20,22H,5H2,1-2H3,(H2,16,17,21);5-6,8-9,11,19-20,22H,4H2,1H3,(H2,16,17,21);3,6-7,9-11,18-19,21H,5H2,1H3,(H2,15,16,20);5-9,18-19,21H,4H2,1H3,(H2,14,16,20);5-6,8-10,18-19,21H,4H2,1H3,(H2,14,16,20)/t8-,10-,11+,12-,14?;6-,8-,9+,11-,13?;7-,9-,10+,11-,13?;6-,7-,8+,9-,12?;6-,8-,9+,10-,12?/m11111/s1. The Hall–Kier alpha value is -10.2. The molecule has 0 bridgehead atoms. The topological polar surface area (TPSA) is 680 Å². The van der Waals surface area contributed by atoms with Crippen molar-refractivity contribution in [1.29, 1.82) is 0 Å². The van der Waals surface area contributed by atoms with Gasteiger partial charge in [0.1, 0.15) is 118 Å². The van der Waals surface area contributed by atoms with Gasteiger partial charge in [0, 0.05) is 11.9 Å². The van der Waals surface area contributed by atoms with Gasteiger partial charge in [0.25, 0.3) is 0 Å². The predicted molar refractivity (Wildman–Crippen MR) is 366 cm³/mol. The van der Waals surface area contributed by atoms with E-state index in [1.165, 1.54) is 59.9 Å². The summed E-state index contributed by atoms with van der Waals surface area (Å²) in [5.74, 6) is 18.3. The number of aromatic nitrogens is 12. The molecule has 0 aliphatic carbocycles. The molecule has 0 radical (unpaired) electrons. The number of nitrogens with two attached hydrogens (primary N) is 5. The molecule has 42 nitrogen and oxygen atoms in total. The lowest BCUT2D eigenvalue weighted by atomic mass is 9.92. The fourth-order valence-corrected chi connectivity index (χ4v) is 11.6. The van der Waals surface area contributed by atoms with Crippen molar-refractivity contribution < 1.29 is 127 Å². The number of aryl methyl sites for hydroxylation is 1. The Balaban J connectivity index is 0.000000218. The van der Waals surface area contributed by atoms with E-state index in [1.54, 1.807) is 0 Å². The number of aliphatic hydroxyl groups is 15. The largest absolute Gasteiger partial charge is 0.391 e. The van der Waals surface area contributed by atoms with Gasteiger partial charge in [0.05, 0.1) is 42.9 Å². The Kier molecular flexibility index (Phi) is 30.3. The molecule has 5 aromatic rings. The Morgan fingerprint density at radius 2 is 0.786 bits per heavy atom. The van der Waals surface area contributed by atoms with Gasteiger partial charge >= 0.3 is 28.4 Å². The van der Waals surface area contributed by atoms with Gasteiger partial charge in [-0.25, -0.2) is 55.3 Å². The first kappa shape index (κ1) is 90.7. The fourth-order valence-electron chi connectivity index (χ4n) is 11.6. The van der Waals surface area contributed by atoms with E-state index in [0.717, 1.165) is 26.2 Å². The van der Waals surface area contributed by atoms with E-state index in [-0.39, 0.29) is 23.4 Å². The number of hydrogen-bond donors (Lipinski definition) is 20. The van der Waals surface area contributed by atoms with Crippen LogP contribution in [0.5, 0.6) is 0 Å². The van der Waals surface area contributed by atoms with E-state index in [0.29, 0.717) is 21.1 Å². The quantitative estimate of drug-likeness (QED) is 0.0456. The van der Waals surface area contributed by atoms with E-state index >= 15 is 0 Å². The van der Waals surface area contributed by atoms with Crippen molar-refractivity contribution in [3.8, 4) is 59.2 Å². The maximum Gasteiger partial charge on any atom is 0.368 e. The summed E-state index contributed by atoms with van der Waals surface area (Å²) in [4.78, 5) is 80.2. The molecule has 5 aromatic heterocycles. The second kappa shape index (κ2) is 37.4. The third-order valence-electron chi connectivity index (χ3n) is 16.9. The Labute approximate surface area is 626 Å². The first-order valence-electron chi connectivity index (χ1n) is 32.5. The average molecular weight is 1600 g/mol. The van der Waals surface area contributed by atoms with Gasteiger partial charge in [-0.05, 0) is 53.7 Å². The summed E-state index contributed by atoms with van der Waals surface area (Å²) in [5.41, 5.74) is 10.6. The van der Waals surface area contributed by atoms with Crippen molar-refractivity contribution in [2.45, 2.75) is 192 Å². The maximum atomic E-state index is 13.6. The van der Waals surface area contributed by atoms with Crippen LogP contribution < -0.4 is 57.1 Å². The fraction of sp³-hybridized carbons (Fsp3) is 0.562. The summed E-state index contributed by atoms with van der Waals surface area (Å²) in [6.07, 6.45) is -24.6. The van der Waals surface area contributed by atoms with Crippen LogP contribution in [-0.2, 0) is 23.7 Å². The molecule has 25 N–H and O–H groups in total. The van der Waals surface area contributed by atoms with Gasteiger partial charge in [-0.2, -0.15) is 34.7 Å². The number of nitrogen functional groups attached to an aromatic ring is 5. The Morgan fingerprint density at radius 3 is 1.15 bits per heavy atom. The number of hydrogen-bond acceptors (Lipinski definition) is 37. The van der Waals surface area contributed by atoms with Crippen LogP contribution in [0.2, 0.25) is 0 Å². The summed E-state index contributed by atoms with van der Waals surface area (Å²) in [6, 6.07) is 2.66. The lowest BCUT2D eigenvalue weighted by molar-refractivity contribution is -0.0946. The van der Waals surface area contributed by atoms with Gasteiger partial charge in [-0.15, -0.1) is 0 Å². The van der Waals surface area contributed by atoms with E-state index < -0.39 is 224 Å². The van der Waals surface area contributed by atoms with E-state index in [4.69, 9.17) is 52.4 Å². The molecule has 5 aliphatic heterocycles. The molecule has 0 saturated carbocycles. The summed E-state index contributed by atoms with van der Waals surface area (Å²) >= 11 is 0. The molecule has 25 atom stereocenters. The number of ether oxygens (including phenoxy) is 5. The number of alkyl halides is 5. The highest BCUT2D eigenvalue weighted by molar-refractivity contribution is 5.33. The van der Waals surface area contributed by atoms with Crippen LogP contribution in [0.3, 0.4) is 0 Å². The van der Waals surface area contributed by atoms with Gasteiger partial charge in [-0.1, -0.05) is 59.2 Å². The van der Waals surface area contributed by atoms with Crippen LogP contribution in [0.15, 0.2) is 61.0 Å². The highest BCUT2D eigenvalue weighted by Crippen LogP contribution is 2.44. The second-order valence-electron chi connectivity index (χ2n) is 25.0. The van der Waals surface area contributed by atoms with Crippen molar-refractivity contribution in [1.82, 2.24) is 58.0 Å². The van der Waals surface area contributed by atoms with Crippen LogP contribution in [0, 0.1) is 71.9 Å². The number of nitrogens with zero attached hydrogens (tertiary/aromatic N) is 12. The molecule has 5 unspecified atom stereocenters. The van der Waals surface area contributed by atoms with E-state index in [1.807, 2.05) is 29.6 Å². The van der Waals surface area contributed by atoms with Crippen molar-refractivity contribution in [3.63, 3.8) is 0 Å². The second-order valence-corrected chi connectivity index (χ2v) is 25.0. The molecule has 0 amide bonds. The smallest absolute Gasteiger partial charge is 0.368 e. The Morgan fingerprint density at radius 1 is 0.455 bits per heavy atom. The Bertz CT molecular complexity index is 4530. The van der Waals surface area contributed by atoms with Crippen LogP contribution >= 0.6 is 0 Å². The first-order chi connectivity index (χ1) is 52.4. The predicted octanol–water partition coefficient (Wildman–Crippen LogP) is -9.92.